The highest BCUT2D eigenvalue weighted by Crippen LogP contribution is 2.37. The molecule has 0 amide bonds. The molecule has 1 rings (SSSR count). The van der Waals surface area contributed by atoms with Crippen LogP contribution in [-0.4, -0.2) is 13.4 Å². The lowest BCUT2D eigenvalue weighted by Gasteiger charge is -2.17. The fourth-order valence-corrected chi connectivity index (χ4v) is 2.00. The summed E-state index contributed by atoms with van der Waals surface area (Å²) in [6.45, 7) is 3.56. The van der Waals surface area contributed by atoms with Gasteiger partial charge in [0.2, 0.25) is 0 Å². The minimum atomic E-state index is -0.501. The lowest BCUT2D eigenvalue weighted by Crippen LogP contribution is -2.04. The molecule has 0 aliphatic rings. The number of hydrogen-bond acceptors (Lipinski definition) is 2. The smallest absolute Gasteiger partial charge is 0.148 e. The van der Waals surface area contributed by atoms with Crippen LogP contribution in [0.15, 0.2) is 6.07 Å². The van der Waals surface area contributed by atoms with Crippen LogP contribution in [0.3, 0.4) is 0 Å². The topological polar surface area (TPSA) is 26.3 Å². The molecule has 1 atom stereocenters. The Bertz CT molecular complexity index is 404. The number of methoxy groups -OCH3 is 1. The third-order valence-corrected chi connectivity index (χ3v) is 2.81. The first-order valence-electron chi connectivity index (χ1n) is 4.99. The van der Waals surface area contributed by atoms with Crippen LogP contribution in [-0.2, 0) is 4.79 Å². The SMILES string of the molecule is COc1c(C)cc(Cl)c(F)c1C(C)CC=O. The monoisotopic (exact) mass is 244 g/mol. The van der Waals surface area contributed by atoms with Crippen molar-refractivity contribution in [3.8, 4) is 5.75 Å². The average Bonchev–Trinajstić information content (AvgIpc) is 2.23. The lowest BCUT2D eigenvalue weighted by atomic mass is 9.95. The zero-order valence-corrected chi connectivity index (χ0v) is 10.3. The third-order valence-electron chi connectivity index (χ3n) is 2.54. The minimum absolute atomic E-state index is 0.0612. The molecule has 0 heterocycles. The van der Waals surface area contributed by atoms with Crippen molar-refractivity contribution in [2.24, 2.45) is 0 Å². The standard InChI is InChI=1S/C12H14ClFO2/c1-7(4-5-15)10-11(14)9(13)6-8(2)12(10)16-3/h5-7H,4H2,1-3H3. The molecule has 0 spiro atoms. The minimum Gasteiger partial charge on any atom is -0.496 e. The predicted octanol–water partition coefficient (Wildman–Crippen LogP) is 3.49. The van der Waals surface area contributed by atoms with Crippen LogP contribution in [0.25, 0.3) is 0 Å². The van der Waals surface area contributed by atoms with E-state index in [1.54, 1.807) is 13.8 Å². The average molecular weight is 245 g/mol. The van der Waals surface area contributed by atoms with Gasteiger partial charge >= 0.3 is 0 Å². The van der Waals surface area contributed by atoms with E-state index in [0.717, 1.165) is 11.8 Å². The van der Waals surface area contributed by atoms with E-state index in [1.165, 1.54) is 13.2 Å². The molecule has 0 saturated heterocycles. The molecule has 0 bridgehead atoms. The summed E-state index contributed by atoms with van der Waals surface area (Å²) < 4.78 is 19.0. The summed E-state index contributed by atoms with van der Waals surface area (Å²) in [5, 5.41) is 0.0612. The number of aryl methyl sites for hydroxylation is 1. The van der Waals surface area contributed by atoms with Crippen LogP contribution >= 0.6 is 11.6 Å². The van der Waals surface area contributed by atoms with Crippen molar-refractivity contribution < 1.29 is 13.9 Å². The van der Waals surface area contributed by atoms with E-state index in [-0.39, 0.29) is 17.4 Å². The van der Waals surface area contributed by atoms with Crippen LogP contribution in [0.2, 0.25) is 5.02 Å². The van der Waals surface area contributed by atoms with Gasteiger partial charge in [-0.2, -0.15) is 0 Å². The second-order valence-corrected chi connectivity index (χ2v) is 4.15. The van der Waals surface area contributed by atoms with E-state index in [1.807, 2.05) is 0 Å². The van der Waals surface area contributed by atoms with E-state index in [9.17, 15) is 9.18 Å². The van der Waals surface area contributed by atoms with Crippen LogP contribution < -0.4 is 4.74 Å². The fourth-order valence-electron chi connectivity index (χ4n) is 1.73. The van der Waals surface area contributed by atoms with E-state index >= 15 is 0 Å². The van der Waals surface area contributed by atoms with Gasteiger partial charge in [-0.05, 0) is 24.5 Å². The fraction of sp³-hybridized carbons (Fsp3) is 0.417. The molecular formula is C12H14ClFO2. The Morgan fingerprint density at radius 3 is 2.75 bits per heavy atom. The summed E-state index contributed by atoms with van der Waals surface area (Å²) >= 11 is 5.77. The Kier molecular flexibility index (Phi) is 4.30. The van der Waals surface area contributed by atoms with E-state index in [4.69, 9.17) is 16.3 Å². The quantitative estimate of drug-likeness (QED) is 0.758. The third kappa shape index (κ3) is 2.35. The highest BCUT2D eigenvalue weighted by atomic mass is 35.5. The maximum atomic E-state index is 13.9. The van der Waals surface area contributed by atoms with Gasteiger partial charge in [0.05, 0.1) is 12.1 Å². The molecular weight excluding hydrogens is 231 g/mol. The summed E-state index contributed by atoms with van der Waals surface area (Å²) in [7, 11) is 1.48. The van der Waals surface area contributed by atoms with Gasteiger partial charge in [-0.3, -0.25) is 0 Å². The zero-order chi connectivity index (χ0) is 12.3. The number of aldehydes is 1. The molecule has 0 aromatic heterocycles. The predicted molar refractivity (Wildman–Crippen MR) is 61.8 cm³/mol. The molecule has 1 unspecified atom stereocenters. The number of halogens is 2. The highest BCUT2D eigenvalue weighted by Gasteiger charge is 2.21. The molecule has 16 heavy (non-hydrogen) atoms. The van der Waals surface area contributed by atoms with Gasteiger partial charge in [0.25, 0.3) is 0 Å². The van der Waals surface area contributed by atoms with E-state index < -0.39 is 5.82 Å². The van der Waals surface area contributed by atoms with Crippen molar-refractivity contribution in [1.82, 2.24) is 0 Å². The number of hydrogen-bond donors (Lipinski definition) is 0. The van der Waals surface area contributed by atoms with Gasteiger partial charge in [-0.15, -0.1) is 0 Å². The maximum absolute atomic E-state index is 13.9. The Balaban J connectivity index is 3.37. The van der Waals surface area contributed by atoms with Crippen molar-refractivity contribution in [2.75, 3.05) is 7.11 Å². The van der Waals surface area contributed by atoms with Crippen molar-refractivity contribution in [1.29, 1.82) is 0 Å². The molecule has 2 nitrogen and oxygen atoms in total. The molecule has 4 heteroatoms. The van der Waals surface area contributed by atoms with Crippen LogP contribution in [0, 0.1) is 12.7 Å². The number of carbonyl (C=O) groups excluding carboxylic acids is 1. The molecule has 1 aromatic rings. The van der Waals surface area contributed by atoms with Gasteiger partial charge in [0, 0.05) is 12.0 Å². The maximum Gasteiger partial charge on any atom is 0.148 e. The van der Waals surface area contributed by atoms with Crippen LogP contribution in [0.5, 0.6) is 5.75 Å². The largest absolute Gasteiger partial charge is 0.496 e. The molecule has 0 radical (unpaired) electrons. The summed E-state index contributed by atoms with van der Waals surface area (Å²) in [4.78, 5) is 10.5. The molecule has 1 aromatic carbocycles. The molecule has 0 fully saturated rings. The first kappa shape index (κ1) is 13.0. The van der Waals surface area contributed by atoms with Crippen molar-refractivity contribution in [2.45, 2.75) is 26.2 Å². The summed E-state index contributed by atoms with van der Waals surface area (Å²) in [5.74, 6) is -0.278. The number of ether oxygens (including phenoxy) is 1. The molecule has 0 aliphatic carbocycles. The molecule has 0 aliphatic heterocycles. The Labute approximate surface area is 99.4 Å². The normalized spacial score (nSPS) is 12.3. The first-order valence-corrected chi connectivity index (χ1v) is 5.36. The zero-order valence-electron chi connectivity index (χ0n) is 9.51. The Morgan fingerprint density at radius 1 is 1.62 bits per heavy atom. The number of carbonyl (C=O) groups is 1. The number of rotatable bonds is 4. The van der Waals surface area contributed by atoms with E-state index in [0.29, 0.717) is 11.3 Å². The molecule has 88 valence electrons. The summed E-state index contributed by atoms with van der Waals surface area (Å²) in [6.07, 6.45) is 1.01. The van der Waals surface area contributed by atoms with Gasteiger partial charge in [-0.25, -0.2) is 4.39 Å². The Hall–Kier alpha value is -1.09. The van der Waals surface area contributed by atoms with Crippen LogP contribution in [0.4, 0.5) is 4.39 Å². The van der Waals surface area contributed by atoms with Crippen LogP contribution in [0.1, 0.15) is 30.4 Å². The molecule has 0 saturated carbocycles. The van der Waals surface area contributed by atoms with Crippen molar-refractivity contribution in [3.63, 3.8) is 0 Å². The van der Waals surface area contributed by atoms with Gasteiger partial charge < -0.3 is 9.53 Å². The second kappa shape index (κ2) is 5.30. The highest BCUT2D eigenvalue weighted by molar-refractivity contribution is 6.31. The second-order valence-electron chi connectivity index (χ2n) is 3.74. The number of benzene rings is 1. The lowest BCUT2D eigenvalue weighted by molar-refractivity contribution is -0.108. The van der Waals surface area contributed by atoms with Gasteiger partial charge in [0.1, 0.15) is 17.9 Å². The van der Waals surface area contributed by atoms with Crippen molar-refractivity contribution >= 4 is 17.9 Å². The van der Waals surface area contributed by atoms with Crippen molar-refractivity contribution in [3.05, 3.63) is 28.0 Å². The summed E-state index contributed by atoms with van der Waals surface area (Å²) in [5.41, 5.74) is 1.14. The first-order chi connectivity index (χ1) is 7.52. The van der Waals surface area contributed by atoms with Gasteiger partial charge in [-0.1, -0.05) is 18.5 Å². The van der Waals surface area contributed by atoms with Gasteiger partial charge in [0.15, 0.2) is 0 Å². The molecule has 0 N–H and O–H groups in total. The van der Waals surface area contributed by atoms with E-state index in [2.05, 4.69) is 0 Å². The summed E-state index contributed by atoms with van der Waals surface area (Å²) in [6, 6.07) is 1.52. The Morgan fingerprint density at radius 2 is 2.25 bits per heavy atom.